The Kier molecular flexibility index (Phi) is 10.4. The molecular formula is C34H47N9O4. The molecule has 252 valence electrons. The first-order chi connectivity index (χ1) is 22.8. The minimum atomic E-state index is -0.332. The number of aromatic nitrogens is 3. The van der Waals surface area contributed by atoms with E-state index in [2.05, 4.69) is 58.2 Å². The summed E-state index contributed by atoms with van der Waals surface area (Å²) in [6.07, 6.45) is 1.49. The SMILES string of the molecule is CC(C)N1CCN(c2ccc(NC(=O)Nc3ccc(-c4nc(N5CCOC[C@H]5C)nc(N5[C@H](CO)CC[C@@H]5CO)n4)cc3)cc2)CC1. The van der Waals surface area contributed by atoms with Crippen LogP contribution in [0.3, 0.4) is 0 Å². The van der Waals surface area contributed by atoms with Crippen LogP contribution in [-0.4, -0.2) is 119 Å². The van der Waals surface area contributed by atoms with Crippen molar-refractivity contribution in [3.63, 3.8) is 0 Å². The zero-order valence-corrected chi connectivity index (χ0v) is 27.5. The average molecular weight is 646 g/mol. The Morgan fingerprint density at radius 2 is 1.45 bits per heavy atom. The molecule has 13 nitrogen and oxygen atoms in total. The molecule has 0 unspecified atom stereocenters. The van der Waals surface area contributed by atoms with Gasteiger partial charge in [0.1, 0.15) is 0 Å². The summed E-state index contributed by atoms with van der Waals surface area (Å²) < 4.78 is 5.64. The molecule has 1 aromatic heterocycles. The highest BCUT2D eigenvalue weighted by molar-refractivity contribution is 5.99. The van der Waals surface area contributed by atoms with Crippen LogP contribution in [0.2, 0.25) is 0 Å². The van der Waals surface area contributed by atoms with Crippen LogP contribution in [0.15, 0.2) is 48.5 Å². The number of rotatable bonds is 9. The molecule has 3 aliphatic rings. The Labute approximate surface area is 276 Å². The van der Waals surface area contributed by atoms with E-state index >= 15 is 0 Å². The lowest BCUT2D eigenvalue weighted by Crippen LogP contribution is -2.48. The lowest BCUT2D eigenvalue weighted by Gasteiger charge is -2.38. The summed E-state index contributed by atoms with van der Waals surface area (Å²) in [6, 6.07) is 15.3. The highest BCUT2D eigenvalue weighted by Gasteiger charge is 2.36. The van der Waals surface area contributed by atoms with Gasteiger partial charge in [0.2, 0.25) is 11.9 Å². The second-order valence-electron chi connectivity index (χ2n) is 12.9. The zero-order valence-electron chi connectivity index (χ0n) is 27.5. The third-order valence-electron chi connectivity index (χ3n) is 9.44. The number of anilines is 5. The van der Waals surface area contributed by atoms with E-state index in [4.69, 9.17) is 19.7 Å². The van der Waals surface area contributed by atoms with Crippen LogP contribution in [-0.2, 0) is 4.74 Å². The molecule has 3 fully saturated rings. The number of hydrogen-bond donors (Lipinski definition) is 4. The molecule has 3 aliphatic heterocycles. The first-order valence-electron chi connectivity index (χ1n) is 16.7. The number of hydrogen-bond acceptors (Lipinski definition) is 11. The fourth-order valence-corrected chi connectivity index (χ4v) is 6.65. The maximum absolute atomic E-state index is 12.9. The number of carbonyl (C=O) groups excluding carboxylic acids is 1. The number of aliphatic hydroxyl groups is 2. The molecule has 47 heavy (non-hydrogen) atoms. The number of piperazine rings is 1. The largest absolute Gasteiger partial charge is 0.394 e. The lowest BCUT2D eigenvalue weighted by molar-refractivity contribution is 0.0981. The van der Waals surface area contributed by atoms with Gasteiger partial charge >= 0.3 is 6.03 Å². The van der Waals surface area contributed by atoms with Gasteiger partial charge < -0.3 is 40.3 Å². The van der Waals surface area contributed by atoms with Crippen molar-refractivity contribution in [2.24, 2.45) is 0 Å². The molecule has 3 aromatic rings. The van der Waals surface area contributed by atoms with Gasteiger partial charge in [-0.1, -0.05) is 0 Å². The Morgan fingerprint density at radius 3 is 2.02 bits per heavy atom. The van der Waals surface area contributed by atoms with Crippen molar-refractivity contribution in [2.45, 2.75) is 57.8 Å². The molecule has 0 saturated carbocycles. The Hall–Kier alpha value is -4.04. The summed E-state index contributed by atoms with van der Waals surface area (Å²) in [5.41, 5.74) is 3.26. The maximum atomic E-state index is 12.9. The van der Waals surface area contributed by atoms with Gasteiger partial charge in [0.05, 0.1) is 44.6 Å². The Balaban J connectivity index is 1.14. The zero-order chi connectivity index (χ0) is 32.9. The van der Waals surface area contributed by atoms with E-state index in [-0.39, 0.29) is 37.4 Å². The fourth-order valence-electron chi connectivity index (χ4n) is 6.65. The monoisotopic (exact) mass is 645 g/mol. The topological polar surface area (TPSA) is 142 Å². The van der Waals surface area contributed by atoms with Crippen molar-refractivity contribution in [1.29, 1.82) is 0 Å². The lowest BCUT2D eigenvalue weighted by atomic mass is 10.2. The number of nitrogens with zero attached hydrogens (tertiary/aromatic N) is 7. The van der Waals surface area contributed by atoms with E-state index in [1.54, 1.807) is 0 Å². The van der Waals surface area contributed by atoms with Gasteiger partial charge in [-0.25, -0.2) is 4.79 Å². The number of ether oxygens (including phenoxy) is 1. The summed E-state index contributed by atoms with van der Waals surface area (Å²) in [5.74, 6) is 1.45. The molecule has 4 heterocycles. The summed E-state index contributed by atoms with van der Waals surface area (Å²) in [4.78, 5) is 36.2. The van der Waals surface area contributed by atoms with E-state index in [0.717, 1.165) is 56.0 Å². The smallest absolute Gasteiger partial charge is 0.323 e. The van der Waals surface area contributed by atoms with Crippen LogP contribution in [0, 0.1) is 0 Å². The van der Waals surface area contributed by atoms with E-state index in [9.17, 15) is 15.0 Å². The van der Waals surface area contributed by atoms with E-state index in [0.29, 0.717) is 49.2 Å². The highest BCUT2D eigenvalue weighted by Crippen LogP contribution is 2.31. The second kappa shape index (κ2) is 14.8. The first-order valence-corrected chi connectivity index (χ1v) is 16.7. The van der Waals surface area contributed by atoms with Gasteiger partial charge in [-0.3, -0.25) is 4.90 Å². The summed E-state index contributed by atoms with van der Waals surface area (Å²) >= 11 is 0. The summed E-state index contributed by atoms with van der Waals surface area (Å²) in [5, 5.41) is 26.0. The van der Waals surface area contributed by atoms with Crippen molar-refractivity contribution in [1.82, 2.24) is 19.9 Å². The van der Waals surface area contributed by atoms with Crippen LogP contribution in [0.25, 0.3) is 11.4 Å². The number of aliphatic hydroxyl groups excluding tert-OH is 2. The predicted molar refractivity (Wildman–Crippen MR) is 184 cm³/mol. The Bertz CT molecular complexity index is 1470. The predicted octanol–water partition coefficient (Wildman–Crippen LogP) is 3.26. The summed E-state index contributed by atoms with van der Waals surface area (Å²) in [6.45, 7) is 12.3. The normalized spacial score (nSPS) is 22.2. The molecule has 2 aromatic carbocycles. The standard InChI is InChI=1S/C34H47N9O4/c1-23(2)40-14-16-41(17-15-40)28-10-8-27(9-11-28)36-34(46)35-26-6-4-25(5-7-26)31-37-32(42-18-19-47-22-24(42)3)39-33(38-31)43-29(20-44)12-13-30(43)21-45/h4-11,23-24,29-30,44-45H,12-22H2,1-3H3,(H2,35,36,46)/t24-,29-,30+/m1/s1. The number of carbonyl (C=O) groups is 1. The van der Waals surface area contributed by atoms with Gasteiger partial charge in [-0.15, -0.1) is 0 Å². The molecule has 13 heteroatoms. The average Bonchev–Trinajstić information content (AvgIpc) is 3.52. The number of morpholine rings is 1. The van der Waals surface area contributed by atoms with E-state index in [1.165, 1.54) is 0 Å². The van der Waals surface area contributed by atoms with Crippen LogP contribution in [0.5, 0.6) is 0 Å². The van der Waals surface area contributed by atoms with Crippen molar-refractivity contribution < 1.29 is 19.7 Å². The number of nitrogens with one attached hydrogen (secondary N) is 2. The minimum Gasteiger partial charge on any atom is -0.394 e. The molecule has 2 amide bonds. The highest BCUT2D eigenvalue weighted by atomic mass is 16.5. The van der Waals surface area contributed by atoms with E-state index in [1.807, 2.05) is 41.3 Å². The Morgan fingerprint density at radius 1 is 0.851 bits per heavy atom. The van der Waals surface area contributed by atoms with Crippen LogP contribution in [0.4, 0.5) is 33.8 Å². The molecule has 0 radical (unpaired) electrons. The molecule has 3 saturated heterocycles. The van der Waals surface area contributed by atoms with Crippen molar-refractivity contribution in [3.05, 3.63) is 48.5 Å². The summed E-state index contributed by atoms with van der Waals surface area (Å²) in [7, 11) is 0. The van der Waals surface area contributed by atoms with Crippen molar-refractivity contribution in [2.75, 3.05) is 84.5 Å². The van der Waals surface area contributed by atoms with Crippen LogP contribution >= 0.6 is 0 Å². The van der Waals surface area contributed by atoms with Gasteiger partial charge in [0.25, 0.3) is 0 Å². The van der Waals surface area contributed by atoms with Crippen LogP contribution < -0.4 is 25.3 Å². The second-order valence-corrected chi connectivity index (χ2v) is 12.9. The molecule has 0 spiro atoms. The molecule has 0 aliphatic carbocycles. The molecule has 4 N–H and O–H groups in total. The van der Waals surface area contributed by atoms with Gasteiger partial charge in [0.15, 0.2) is 5.82 Å². The number of benzene rings is 2. The number of amides is 2. The fraction of sp³-hybridized carbons (Fsp3) is 0.529. The van der Waals surface area contributed by atoms with Crippen molar-refractivity contribution >= 4 is 35.0 Å². The van der Waals surface area contributed by atoms with Gasteiger partial charge in [-0.2, -0.15) is 15.0 Å². The van der Waals surface area contributed by atoms with Crippen molar-refractivity contribution in [3.8, 4) is 11.4 Å². The number of urea groups is 1. The minimum absolute atomic E-state index is 0.0525. The molecular weight excluding hydrogens is 598 g/mol. The first kappa shape index (κ1) is 32.9. The molecule has 6 rings (SSSR count). The van der Waals surface area contributed by atoms with Gasteiger partial charge in [0, 0.05) is 61.4 Å². The third kappa shape index (κ3) is 7.59. The maximum Gasteiger partial charge on any atom is 0.323 e. The van der Waals surface area contributed by atoms with E-state index < -0.39 is 0 Å². The van der Waals surface area contributed by atoms with Crippen LogP contribution in [0.1, 0.15) is 33.6 Å². The third-order valence-corrected chi connectivity index (χ3v) is 9.44. The molecule has 0 bridgehead atoms. The quantitative estimate of drug-likeness (QED) is 0.272. The molecule has 3 atom stereocenters. The van der Waals surface area contributed by atoms with Gasteiger partial charge in [-0.05, 0) is 82.1 Å².